The number of nitrogens with one attached hydrogen (secondary N) is 3. The predicted molar refractivity (Wildman–Crippen MR) is 108 cm³/mol. The number of aromatic nitrogens is 5. The molecular formula is C18H21BrFN7O2. The van der Waals surface area contributed by atoms with Crippen molar-refractivity contribution >= 4 is 39.2 Å². The van der Waals surface area contributed by atoms with E-state index in [2.05, 4.69) is 46.8 Å². The number of alkyl carbamates (subject to hydrolysis) is 1. The SMILES string of the molecule is CC(C)NC(=O)O[C@H]1CC[C@@H](c2cc(Nc3nccn4ncc(Br)c34)n[nH]2)[C@@H]1F. The molecule has 4 rings (SSSR count). The molecule has 3 aromatic heterocycles. The second-order valence-electron chi connectivity index (χ2n) is 7.27. The molecule has 0 aromatic carbocycles. The lowest BCUT2D eigenvalue weighted by molar-refractivity contribution is 0.0555. The van der Waals surface area contributed by atoms with Crippen molar-refractivity contribution in [2.45, 2.75) is 50.9 Å². The van der Waals surface area contributed by atoms with Gasteiger partial charge in [-0.15, -0.1) is 0 Å². The maximum Gasteiger partial charge on any atom is 0.407 e. The van der Waals surface area contributed by atoms with Crippen LogP contribution in [0.5, 0.6) is 0 Å². The van der Waals surface area contributed by atoms with Gasteiger partial charge in [0.25, 0.3) is 0 Å². The number of fused-ring (bicyclic) bond motifs is 1. The number of H-pyrrole nitrogens is 1. The summed E-state index contributed by atoms with van der Waals surface area (Å²) in [6.45, 7) is 3.64. The van der Waals surface area contributed by atoms with Gasteiger partial charge in [-0.1, -0.05) is 0 Å². The van der Waals surface area contributed by atoms with Crippen LogP contribution in [0.15, 0.2) is 29.1 Å². The molecule has 0 bridgehead atoms. The number of nitrogens with zero attached hydrogens (tertiary/aromatic N) is 4. The summed E-state index contributed by atoms with van der Waals surface area (Å²) in [5.41, 5.74) is 1.42. The number of hydrogen-bond acceptors (Lipinski definition) is 6. The Labute approximate surface area is 174 Å². The van der Waals surface area contributed by atoms with Crippen LogP contribution in [0.1, 0.15) is 38.3 Å². The maximum atomic E-state index is 14.9. The van der Waals surface area contributed by atoms with Crippen LogP contribution >= 0.6 is 15.9 Å². The molecule has 0 aliphatic heterocycles. The highest BCUT2D eigenvalue weighted by Gasteiger charge is 2.40. The number of halogens is 2. The van der Waals surface area contributed by atoms with E-state index in [0.717, 1.165) is 9.99 Å². The first kappa shape index (κ1) is 19.6. The molecule has 9 nitrogen and oxygen atoms in total. The van der Waals surface area contributed by atoms with E-state index in [1.54, 1.807) is 29.2 Å². The number of rotatable bonds is 5. The summed E-state index contributed by atoms with van der Waals surface area (Å²) in [5, 5.41) is 17.1. The van der Waals surface area contributed by atoms with Crippen LogP contribution in [-0.2, 0) is 4.74 Å². The van der Waals surface area contributed by atoms with Gasteiger partial charge < -0.3 is 15.4 Å². The smallest absolute Gasteiger partial charge is 0.407 e. The Balaban J connectivity index is 1.45. The zero-order chi connectivity index (χ0) is 20.5. The standard InChI is InChI=1S/C18H21BrFN7O2/c1-9(2)23-18(28)29-13-4-3-10(15(13)20)12-7-14(26-25-12)24-17-16-11(19)8-22-27(16)6-5-21-17/h5-10,13,15H,3-4H2,1-2H3,(H,23,28)(H2,21,24,25,26)/t10-,13-,15-/m0/s1. The molecule has 0 unspecified atom stereocenters. The molecule has 154 valence electrons. The number of hydrogen-bond donors (Lipinski definition) is 3. The largest absolute Gasteiger partial charge is 0.443 e. The Bertz CT molecular complexity index is 1020. The lowest BCUT2D eigenvalue weighted by Gasteiger charge is -2.18. The second kappa shape index (κ2) is 7.97. The first-order valence-electron chi connectivity index (χ1n) is 9.33. The van der Waals surface area contributed by atoms with Crippen LogP contribution in [-0.4, -0.2) is 49.2 Å². The number of amides is 1. The fraction of sp³-hybridized carbons (Fsp3) is 0.444. The number of alkyl halides is 1. The quantitative estimate of drug-likeness (QED) is 0.530. The van der Waals surface area contributed by atoms with Gasteiger partial charge in [-0.25, -0.2) is 18.7 Å². The van der Waals surface area contributed by atoms with Gasteiger partial charge in [0.05, 0.1) is 10.7 Å². The molecule has 0 radical (unpaired) electrons. The molecule has 1 saturated carbocycles. The van der Waals surface area contributed by atoms with Gasteiger partial charge in [0.15, 0.2) is 11.6 Å². The van der Waals surface area contributed by atoms with E-state index in [1.165, 1.54) is 0 Å². The summed E-state index contributed by atoms with van der Waals surface area (Å²) >= 11 is 3.45. The molecular weight excluding hydrogens is 445 g/mol. The Morgan fingerprint density at radius 3 is 3.07 bits per heavy atom. The van der Waals surface area contributed by atoms with Crippen molar-refractivity contribution < 1.29 is 13.9 Å². The van der Waals surface area contributed by atoms with Crippen molar-refractivity contribution in [1.29, 1.82) is 0 Å². The maximum absolute atomic E-state index is 14.9. The molecule has 0 saturated heterocycles. The highest BCUT2D eigenvalue weighted by Crippen LogP contribution is 2.38. The van der Waals surface area contributed by atoms with Crippen LogP contribution < -0.4 is 10.6 Å². The van der Waals surface area contributed by atoms with Crippen molar-refractivity contribution in [1.82, 2.24) is 30.1 Å². The molecule has 3 heterocycles. The van der Waals surface area contributed by atoms with E-state index < -0.39 is 24.3 Å². The number of anilines is 2. The van der Waals surface area contributed by atoms with Crippen LogP contribution in [0, 0.1) is 0 Å². The van der Waals surface area contributed by atoms with Gasteiger partial charge in [0.2, 0.25) is 0 Å². The van der Waals surface area contributed by atoms with Crippen LogP contribution in [0.2, 0.25) is 0 Å². The fourth-order valence-electron chi connectivity index (χ4n) is 3.49. The normalized spacial score (nSPS) is 21.6. The predicted octanol–water partition coefficient (Wildman–Crippen LogP) is 3.68. The summed E-state index contributed by atoms with van der Waals surface area (Å²) in [6.07, 6.45) is 3.41. The van der Waals surface area contributed by atoms with E-state index in [0.29, 0.717) is 30.2 Å². The summed E-state index contributed by atoms with van der Waals surface area (Å²) in [5.74, 6) is 0.674. The minimum absolute atomic E-state index is 0.0621. The lowest BCUT2D eigenvalue weighted by Crippen LogP contribution is -2.36. The van der Waals surface area contributed by atoms with Gasteiger partial charge >= 0.3 is 6.09 Å². The van der Waals surface area contributed by atoms with Gasteiger partial charge in [-0.2, -0.15) is 10.2 Å². The number of ether oxygens (including phenoxy) is 1. The summed E-state index contributed by atoms with van der Waals surface area (Å²) in [4.78, 5) is 16.1. The van der Waals surface area contributed by atoms with Gasteiger partial charge in [0, 0.05) is 36.1 Å². The first-order valence-corrected chi connectivity index (χ1v) is 10.1. The molecule has 3 atom stereocenters. The Morgan fingerprint density at radius 2 is 2.28 bits per heavy atom. The average Bonchev–Trinajstić information content (AvgIpc) is 3.36. The molecule has 1 fully saturated rings. The third-order valence-electron chi connectivity index (χ3n) is 4.80. The summed E-state index contributed by atoms with van der Waals surface area (Å²) in [7, 11) is 0. The summed E-state index contributed by atoms with van der Waals surface area (Å²) < 4.78 is 22.6. The van der Waals surface area contributed by atoms with Crippen molar-refractivity contribution in [3.8, 4) is 0 Å². The highest BCUT2D eigenvalue weighted by atomic mass is 79.9. The zero-order valence-electron chi connectivity index (χ0n) is 15.9. The minimum Gasteiger partial charge on any atom is -0.443 e. The highest BCUT2D eigenvalue weighted by molar-refractivity contribution is 9.10. The van der Waals surface area contributed by atoms with Crippen LogP contribution in [0.25, 0.3) is 5.52 Å². The second-order valence-corrected chi connectivity index (χ2v) is 8.12. The summed E-state index contributed by atoms with van der Waals surface area (Å²) in [6, 6.07) is 1.69. The topological polar surface area (TPSA) is 109 Å². The number of carbonyl (C=O) groups is 1. The molecule has 3 N–H and O–H groups in total. The molecule has 1 amide bonds. The molecule has 0 spiro atoms. The van der Waals surface area contributed by atoms with Gasteiger partial charge in [-0.3, -0.25) is 5.10 Å². The third kappa shape index (κ3) is 4.04. The van der Waals surface area contributed by atoms with E-state index in [4.69, 9.17) is 4.74 Å². The fourth-order valence-corrected chi connectivity index (χ4v) is 3.95. The van der Waals surface area contributed by atoms with E-state index in [-0.39, 0.29) is 6.04 Å². The Morgan fingerprint density at radius 1 is 1.45 bits per heavy atom. The van der Waals surface area contributed by atoms with Crippen LogP contribution in [0.4, 0.5) is 20.8 Å². The monoisotopic (exact) mass is 465 g/mol. The van der Waals surface area contributed by atoms with Gasteiger partial charge in [-0.05, 0) is 42.6 Å². The van der Waals surface area contributed by atoms with E-state index in [1.807, 2.05) is 13.8 Å². The van der Waals surface area contributed by atoms with Crippen molar-refractivity contribution in [3.05, 3.63) is 34.8 Å². The van der Waals surface area contributed by atoms with Crippen molar-refractivity contribution in [2.75, 3.05) is 5.32 Å². The zero-order valence-corrected chi connectivity index (χ0v) is 17.5. The van der Waals surface area contributed by atoms with Crippen molar-refractivity contribution in [2.24, 2.45) is 0 Å². The minimum atomic E-state index is -1.30. The molecule has 1 aliphatic carbocycles. The molecule has 11 heteroatoms. The molecule has 29 heavy (non-hydrogen) atoms. The molecule has 1 aliphatic rings. The van der Waals surface area contributed by atoms with Crippen molar-refractivity contribution in [3.63, 3.8) is 0 Å². The number of aromatic amines is 1. The van der Waals surface area contributed by atoms with Gasteiger partial charge in [0.1, 0.15) is 17.8 Å². The molecule has 3 aromatic rings. The lowest BCUT2D eigenvalue weighted by atomic mass is 10.0. The van der Waals surface area contributed by atoms with E-state index in [9.17, 15) is 9.18 Å². The Kier molecular flexibility index (Phi) is 5.39. The average molecular weight is 466 g/mol. The number of carbonyl (C=O) groups excluding carboxylic acids is 1. The first-order chi connectivity index (χ1) is 13.9. The Hall–Kier alpha value is -2.69. The van der Waals surface area contributed by atoms with Crippen LogP contribution in [0.3, 0.4) is 0 Å². The van der Waals surface area contributed by atoms with E-state index >= 15 is 0 Å². The third-order valence-corrected chi connectivity index (χ3v) is 5.38.